The number of fused-ring (bicyclic) bond motifs is 1. The van der Waals surface area contributed by atoms with Gasteiger partial charge in [0.15, 0.2) is 11.5 Å². The van der Waals surface area contributed by atoms with E-state index in [0.29, 0.717) is 24.7 Å². The Morgan fingerprint density at radius 2 is 1.86 bits per heavy atom. The van der Waals surface area contributed by atoms with Crippen molar-refractivity contribution in [3.63, 3.8) is 0 Å². The largest absolute Gasteiger partial charge is 0.486 e. The standard InChI is InChI=1S/C19H21FN2O5S/c1-13(2)21-19(23)12-22(15-5-3-4-14(20)10-15)28(24,25)16-6-7-17-18(11-16)27-9-8-26-17/h3-7,10-11,13H,8-9,12H2,1-2H3,(H,21,23). The Morgan fingerprint density at radius 1 is 1.14 bits per heavy atom. The van der Waals surface area contributed by atoms with Crippen molar-refractivity contribution in [1.29, 1.82) is 0 Å². The number of nitrogens with one attached hydrogen (secondary N) is 1. The maximum Gasteiger partial charge on any atom is 0.264 e. The van der Waals surface area contributed by atoms with Crippen molar-refractivity contribution in [1.82, 2.24) is 5.32 Å². The van der Waals surface area contributed by atoms with Gasteiger partial charge >= 0.3 is 0 Å². The molecule has 1 N–H and O–H groups in total. The third-order valence-electron chi connectivity index (χ3n) is 3.93. The number of sulfonamides is 1. The molecule has 150 valence electrons. The summed E-state index contributed by atoms with van der Waals surface area (Å²) in [5.41, 5.74) is 0.0498. The first-order chi connectivity index (χ1) is 13.3. The zero-order valence-corrected chi connectivity index (χ0v) is 16.3. The summed E-state index contributed by atoms with van der Waals surface area (Å²) in [6.45, 7) is 3.72. The highest BCUT2D eigenvalue weighted by molar-refractivity contribution is 7.92. The molecule has 0 bridgehead atoms. The van der Waals surface area contributed by atoms with Crippen LogP contribution in [0.5, 0.6) is 11.5 Å². The van der Waals surface area contributed by atoms with E-state index in [0.717, 1.165) is 10.4 Å². The van der Waals surface area contributed by atoms with Crippen LogP contribution in [0.2, 0.25) is 0 Å². The molecule has 28 heavy (non-hydrogen) atoms. The van der Waals surface area contributed by atoms with E-state index in [9.17, 15) is 17.6 Å². The molecule has 0 spiro atoms. The maximum atomic E-state index is 13.7. The van der Waals surface area contributed by atoms with Crippen LogP contribution in [0.4, 0.5) is 10.1 Å². The van der Waals surface area contributed by atoms with Gasteiger partial charge in [-0.2, -0.15) is 0 Å². The van der Waals surface area contributed by atoms with Crippen LogP contribution in [0, 0.1) is 5.82 Å². The van der Waals surface area contributed by atoms with E-state index < -0.39 is 28.3 Å². The Morgan fingerprint density at radius 3 is 2.54 bits per heavy atom. The number of anilines is 1. The van der Waals surface area contributed by atoms with Crippen molar-refractivity contribution in [2.45, 2.75) is 24.8 Å². The SMILES string of the molecule is CC(C)NC(=O)CN(c1cccc(F)c1)S(=O)(=O)c1ccc2c(c1)OCCO2. The van der Waals surface area contributed by atoms with Crippen LogP contribution in [0.15, 0.2) is 47.4 Å². The number of ether oxygens (including phenoxy) is 2. The smallest absolute Gasteiger partial charge is 0.264 e. The molecule has 0 fully saturated rings. The minimum absolute atomic E-state index is 0.0498. The third-order valence-corrected chi connectivity index (χ3v) is 5.70. The second kappa shape index (κ2) is 8.05. The van der Waals surface area contributed by atoms with Gasteiger partial charge in [0, 0.05) is 12.1 Å². The summed E-state index contributed by atoms with van der Waals surface area (Å²) in [7, 11) is -4.16. The lowest BCUT2D eigenvalue weighted by Gasteiger charge is -2.25. The van der Waals surface area contributed by atoms with Crippen LogP contribution < -0.4 is 19.1 Å². The van der Waals surface area contributed by atoms with E-state index >= 15 is 0 Å². The lowest BCUT2D eigenvalue weighted by Crippen LogP contribution is -2.43. The molecular weight excluding hydrogens is 387 g/mol. The highest BCUT2D eigenvalue weighted by atomic mass is 32.2. The highest BCUT2D eigenvalue weighted by Crippen LogP contribution is 2.34. The molecule has 3 rings (SSSR count). The van der Waals surface area contributed by atoms with Gasteiger partial charge in [0.2, 0.25) is 5.91 Å². The molecule has 2 aromatic rings. The van der Waals surface area contributed by atoms with Gasteiger partial charge in [-0.25, -0.2) is 12.8 Å². The molecule has 0 saturated carbocycles. The number of nitrogens with zero attached hydrogens (tertiary/aromatic N) is 1. The molecule has 0 radical (unpaired) electrons. The first-order valence-electron chi connectivity index (χ1n) is 8.74. The molecule has 1 amide bonds. The zero-order valence-electron chi connectivity index (χ0n) is 15.5. The normalized spacial score (nSPS) is 13.3. The van der Waals surface area contributed by atoms with Crippen LogP contribution in [0.3, 0.4) is 0 Å². The fourth-order valence-electron chi connectivity index (χ4n) is 2.76. The number of carbonyl (C=O) groups is 1. The Kier molecular flexibility index (Phi) is 5.73. The molecule has 0 aromatic heterocycles. The van der Waals surface area contributed by atoms with Gasteiger partial charge in [-0.1, -0.05) is 6.07 Å². The number of amides is 1. The number of hydrogen-bond acceptors (Lipinski definition) is 5. The second-order valence-corrected chi connectivity index (χ2v) is 8.38. The average molecular weight is 408 g/mol. The van der Waals surface area contributed by atoms with Crippen LogP contribution >= 0.6 is 0 Å². The van der Waals surface area contributed by atoms with Crippen molar-refractivity contribution in [2.24, 2.45) is 0 Å². The van der Waals surface area contributed by atoms with Crippen LogP contribution in [0.1, 0.15) is 13.8 Å². The summed E-state index contributed by atoms with van der Waals surface area (Å²) >= 11 is 0. The summed E-state index contributed by atoms with van der Waals surface area (Å²) < 4.78 is 52.0. The van der Waals surface area contributed by atoms with Crippen LogP contribution in [-0.2, 0) is 14.8 Å². The predicted molar refractivity (Wildman–Crippen MR) is 102 cm³/mol. The second-order valence-electron chi connectivity index (χ2n) is 6.52. The van der Waals surface area contributed by atoms with E-state index in [2.05, 4.69) is 5.32 Å². The summed E-state index contributed by atoms with van der Waals surface area (Å²) in [6, 6.07) is 9.13. The summed E-state index contributed by atoms with van der Waals surface area (Å²) in [5, 5.41) is 2.65. The molecule has 9 heteroatoms. The molecule has 1 heterocycles. The summed E-state index contributed by atoms with van der Waals surface area (Å²) in [5.74, 6) is -0.359. The molecule has 0 atom stereocenters. The number of hydrogen-bond donors (Lipinski definition) is 1. The number of rotatable bonds is 6. The van der Waals surface area contributed by atoms with Gasteiger partial charge in [0.05, 0.1) is 10.6 Å². The lowest BCUT2D eigenvalue weighted by atomic mass is 10.3. The van der Waals surface area contributed by atoms with Gasteiger partial charge in [-0.3, -0.25) is 9.10 Å². The van der Waals surface area contributed by atoms with Crippen molar-refractivity contribution < 1.29 is 27.1 Å². The lowest BCUT2D eigenvalue weighted by molar-refractivity contribution is -0.120. The Balaban J connectivity index is 2.01. The van der Waals surface area contributed by atoms with Crippen molar-refractivity contribution in [3.8, 4) is 11.5 Å². The molecule has 0 aliphatic carbocycles. The van der Waals surface area contributed by atoms with Crippen molar-refractivity contribution in [2.75, 3.05) is 24.1 Å². The van der Waals surface area contributed by atoms with Crippen LogP contribution in [-0.4, -0.2) is 40.1 Å². The minimum atomic E-state index is -4.16. The molecule has 1 aliphatic rings. The van der Waals surface area contributed by atoms with E-state index in [4.69, 9.17) is 9.47 Å². The van der Waals surface area contributed by atoms with Crippen LogP contribution in [0.25, 0.3) is 0 Å². The number of benzene rings is 2. The monoisotopic (exact) mass is 408 g/mol. The summed E-state index contributed by atoms with van der Waals surface area (Å²) in [4.78, 5) is 12.2. The molecule has 0 unspecified atom stereocenters. The fourth-order valence-corrected chi connectivity index (χ4v) is 4.18. The predicted octanol–water partition coefficient (Wildman–Crippen LogP) is 2.32. The Hall–Kier alpha value is -2.81. The van der Waals surface area contributed by atoms with E-state index in [1.807, 2.05) is 0 Å². The highest BCUT2D eigenvalue weighted by Gasteiger charge is 2.29. The number of carbonyl (C=O) groups excluding carboxylic acids is 1. The minimum Gasteiger partial charge on any atom is -0.486 e. The third kappa shape index (κ3) is 4.36. The Labute approximate surface area is 163 Å². The number of halogens is 1. The molecule has 7 nitrogen and oxygen atoms in total. The first-order valence-corrected chi connectivity index (χ1v) is 10.2. The zero-order chi connectivity index (χ0) is 20.3. The van der Waals surface area contributed by atoms with Crippen molar-refractivity contribution in [3.05, 3.63) is 48.3 Å². The Bertz CT molecular complexity index is 978. The van der Waals surface area contributed by atoms with Gasteiger partial charge in [0.1, 0.15) is 25.6 Å². The van der Waals surface area contributed by atoms with E-state index in [1.54, 1.807) is 13.8 Å². The van der Waals surface area contributed by atoms with Gasteiger partial charge < -0.3 is 14.8 Å². The van der Waals surface area contributed by atoms with Gasteiger partial charge in [0.25, 0.3) is 10.0 Å². The molecular formula is C19H21FN2O5S. The van der Waals surface area contributed by atoms with E-state index in [1.165, 1.54) is 36.4 Å². The quantitative estimate of drug-likeness (QED) is 0.793. The van der Waals surface area contributed by atoms with Gasteiger partial charge in [-0.05, 0) is 44.2 Å². The fraction of sp³-hybridized carbons (Fsp3) is 0.316. The molecule has 1 aliphatic heterocycles. The maximum absolute atomic E-state index is 13.7. The summed E-state index contributed by atoms with van der Waals surface area (Å²) in [6.07, 6.45) is 0. The molecule has 2 aromatic carbocycles. The first kappa shape index (κ1) is 19.9. The van der Waals surface area contributed by atoms with Crippen molar-refractivity contribution >= 4 is 21.6 Å². The van der Waals surface area contributed by atoms with E-state index in [-0.39, 0.29) is 16.6 Å². The topological polar surface area (TPSA) is 84.9 Å². The molecule has 0 saturated heterocycles. The van der Waals surface area contributed by atoms with Gasteiger partial charge in [-0.15, -0.1) is 0 Å². The average Bonchev–Trinajstić information content (AvgIpc) is 2.65.